The van der Waals surface area contributed by atoms with Gasteiger partial charge < -0.3 is 5.32 Å². The lowest BCUT2D eigenvalue weighted by atomic mass is 9.95. The molecule has 1 heterocycles. The molecule has 1 fully saturated rings. The van der Waals surface area contributed by atoms with E-state index in [-0.39, 0.29) is 6.04 Å². The Bertz CT molecular complexity index is 848. The standard InChI is InChI=1S/C24H29N3S/c1-17-8-12-19(13-9-17)22-16-23(20-14-10-18(2)11-15-20)27(26-22)24(28)25-21-6-4-3-5-7-21/h8-15,21,23H,3-7,16H2,1-2H3,(H,25,28)/t23-/m1/s1. The largest absolute Gasteiger partial charge is 0.358 e. The maximum atomic E-state index is 5.83. The molecule has 0 bridgehead atoms. The van der Waals surface area contributed by atoms with Gasteiger partial charge in [0.25, 0.3) is 0 Å². The molecule has 0 amide bonds. The van der Waals surface area contributed by atoms with Gasteiger partial charge in [0.05, 0.1) is 11.8 Å². The van der Waals surface area contributed by atoms with Crippen LogP contribution in [0.5, 0.6) is 0 Å². The van der Waals surface area contributed by atoms with Crippen LogP contribution in [0.25, 0.3) is 0 Å². The van der Waals surface area contributed by atoms with Crippen LogP contribution in [0.4, 0.5) is 0 Å². The van der Waals surface area contributed by atoms with Crippen molar-refractivity contribution in [1.29, 1.82) is 0 Å². The van der Waals surface area contributed by atoms with Crippen LogP contribution in [-0.4, -0.2) is 21.9 Å². The summed E-state index contributed by atoms with van der Waals surface area (Å²) in [7, 11) is 0. The Morgan fingerprint density at radius 2 is 1.54 bits per heavy atom. The van der Waals surface area contributed by atoms with E-state index in [1.807, 2.05) is 5.01 Å². The number of rotatable bonds is 3. The first-order valence-corrected chi connectivity index (χ1v) is 10.8. The summed E-state index contributed by atoms with van der Waals surface area (Å²) in [6.07, 6.45) is 7.21. The highest BCUT2D eigenvalue weighted by Crippen LogP contribution is 2.33. The summed E-state index contributed by atoms with van der Waals surface area (Å²) in [5.74, 6) is 0. The lowest BCUT2D eigenvalue weighted by Crippen LogP contribution is -2.43. The monoisotopic (exact) mass is 391 g/mol. The quantitative estimate of drug-likeness (QED) is 0.684. The predicted molar refractivity (Wildman–Crippen MR) is 121 cm³/mol. The molecule has 146 valence electrons. The van der Waals surface area contributed by atoms with Gasteiger partial charge in [-0.2, -0.15) is 5.10 Å². The molecule has 0 aromatic heterocycles. The average molecular weight is 392 g/mol. The third-order valence-electron chi connectivity index (χ3n) is 5.90. The fraction of sp³-hybridized carbons (Fsp3) is 0.417. The number of thiocarbonyl (C=S) groups is 1. The molecule has 1 aliphatic heterocycles. The molecule has 0 spiro atoms. The first-order chi connectivity index (χ1) is 13.6. The van der Waals surface area contributed by atoms with E-state index in [4.69, 9.17) is 17.3 Å². The number of hydrogen-bond acceptors (Lipinski definition) is 2. The van der Waals surface area contributed by atoms with E-state index in [9.17, 15) is 0 Å². The van der Waals surface area contributed by atoms with Gasteiger partial charge in [0, 0.05) is 12.5 Å². The van der Waals surface area contributed by atoms with Crippen molar-refractivity contribution in [2.45, 2.75) is 64.5 Å². The number of hydrazone groups is 1. The van der Waals surface area contributed by atoms with E-state index in [2.05, 4.69) is 67.7 Å². The van der Waals surface area contributed by atoms with Crippen LogP contribution >= 0.6 is 12.2 Å². The van der Waals surface area contributed by atoms with Crippen LogP contribution in [0.2, 0.25) is 0 Å². The molecule has 3 nitrogen and oxygen atoms in total. The van der Waals surface area contributed by atoms with E-state index in [0.717, 1.165) is 17.2 Å². The molecule has 4 heteroatoms. The van der Waals surface area contributed by atoms with E-state index in [0.29, 0.717) is 6.04 Å². The Morgan fingerprint density at radius 1 is 0.929 bits per heavy atom. The summed E-state index contributed by atoms with van der Waals surface area (Å²) in [4.78, 5) is 0. The molecule has 1 aliphatic carbocycles. The van der Waals surface area contributed by atoms with E-state index < -0.39 is 0 Å². The van der Waals surface area contributed by atoms with Crippen molar-refractivity contribution in [1.82, 2.24) is 10.3 Å². The third kappa shape index (κ3) is 4.27. The third-order valence-corrected chi connectivity index (χ3v) is 6.20. The van der Waals surface area contributed by atoms with Gasteiger partial charge in [0.2, 0.25) is 0 Å². The summed E-state index contributed by atoms with van der Waals surface area (Å²) in [6.45, 7) is 4.24. The topological polar surface area (TPSA) is 27.6 Å². The highest BCUT2D eigenvalue weighted by atomic mass is 32.1. The van der Waals surface area contributed by atoms with Gasteiger partial charge in [-0.15, -0.1) is 0 Å². The summed E-state index contributed by atoms with van der Waals surface area (Å²) in [5.41, 5.74) is 6.10. The van der Waals surface area contributed by atoms with Gasteiger partial charge in [0.1, 0.15) is 0 Å². The van der Waals surface area contributed by atoms with E-state index in [1.54, 1.807) is 0 Å². The number of aryl methyl sites for hydroxylation is 2. The fourth-order valence-corrected chi connectivity index (χ4v) is 4.49. The van der Waals surface area contributed by atoms with Crippen molar-refractivity contribution in [2.75, 3.05) is 0 Å². The molecule has 2 aliphatic rings. The number of nitrogens with one attached hydrogen (secondary N) is 1. The van der Waals surface area contributed by atoms with Gasteiger partial charge in [0.15, 0.2) is 5.11 Å². The van der Waals surface area contributed by atoms with Crippen LogP contribution in [0.15, 0.2) is 53.6 Å². The minimum atomic E-state index is 0.153. The molecule has 28 heavy (non-hydrogen) atoms. The Balaban J connectivity index is 1.59. The summed E-state index contributed by atoms with van der Waals surface area (Å²) in [6, 6.07) is 18.1. The summed E-state index contributed by atoms with van der Waals surface area (Å²) in [5, 5.41) is 11.4. The van der Waals surface area contributed by atoms with Crippen molar-refractivity contribution in [3.8, 4) is 0 Å². The zero-order valence-electron chi connectivity index (χ0n) is 16.8. The SMILES string of the molecule is Cc1ccc(C2=NN(C(=S)NC3CCCCC3)[C@@H](c3ccc(C)cc3)C2)cc1. The van der Waals surface area contributed by atoms with Gasteiger partial charge in [-0.05, 0) is 50.0 Å². The van der Waals surface area contributed by atoms with Crippen molar-refractivity contribution in [2.24, 2.45) is 5.10 Å². The minimum Gasteiger partial charge on any atom is -0.358 e. The highest BCUT2D eigenvalue weighted by molar-refractivity contribution is 7.80. The molecule has 1 saturated carbocycles. The van der Waals surface area contributed by atoms with Crippen molar-refractivity contribution in [3.05, 3.63) is 70.8 Å². The molecule has 1 atom stereocenters. The maximum absolute atomic E-state index is 5.83. The Hall–Kier alpha value is -2.20. The lowest BCUT2D eigenvalue weighted by molar-refractivity contribution is 0.342. The van der Waals surface area contributed by atoms with Crippen LogP contribution < -0.4 is 5.32 Å². The first kappa shape index (κ1) is 19.1. The molecule has 2 aromatic rings. The Labute approximate surface area is 173 Å². The molecule has 0 unspecified atom stereocenters. The van der Waals surface area contributed by atoms with Crippen LogP contribution in [0.1, 0.15) is 66.8 Å². The number of nitrogens with zero attached hydrogens (tertiary/aromatic N) is 2. The van der Waals surface area contributed by atoms with Crippen LogP contribution in [0.3, 0.4) is 0 Å². The van der Waals surface area contributed by atoms with Gasteiger partial charge >= 0.3 is 0 Å². The Morgan fingerprint density at radius 3 is 2.18 bits per heavy atom. The first-order valence-electron chi connectivity index (χ1n) is 10.4. The molecule has 4 rings (SSSR count). The van der Waals surface area contributed by atoms with Gasteiger partial charge in [-0.25, -0.2) is 5.01 Å². The summed E-state index contributed by atoms with van der Waals surface area (Å²) >= 11 is 5.83. The second-order valence-electron chi connectivity index (χ2n) is 8.17. The Kier molecular flexibility index (Phi) is 5.77. The molecular weight excluding hydrogens is 362 g/mol. The second-order valence-corrected chi connectivity index (χ2v) is 8.56. The zero-order chi connectivity index (χ0) is 19.5. The lowest BCUT2D eigenvalue weighted by Gasteiger charge is -2.30. The zero-order valence-corrected chi connectivity index (χ0v) is 17.6. The predicted octanol–water partition coefficient (Wildman–Crippen LogP) is 5.66. The number of benzene rings is 2. The van der Waals surface area contributed by atoms with E-state index >= 15 is 0 Å². The molecule has 2 aromatic carbocycles. The highest BCUT2D eigenvalue weighted by Gasteiger charge is 2.32. The van der Waals surface area contributed by atoms with Crippen molar-refractivity contribution < 1.29 is 0 Å². The van der Waals surface area contributed by atoms with E-state index in [1.165, 1.54) is 54.4 Å². The van der Waals surface area contributed by atoms with Gasteiger partial charge in [-0.1, -0.05) is 78.9 Å². The van der Waals surface area contributed by atoms with Crippen LogP contribution in [0, 0.1) is 13.8 Å². The molecular formula is C24H29N3S. The second kappa shape index (κ2) is 8.44. The van der Waals surface area contributed by atoms with Gasteiger partial charge in [-0.3, -0.25) is 0 Å². The molecule has 0 radical (unpaired) electrons. The van der Waals surface area contributed by atoms with Crippen molar-refractivity contribution in [3.63, 3.8) is 0 Å². The van der Waals surface area contributed by atoms with Crippen molar-refractivity contribution >= 4 is 23.0 Å². The fourth-order valence-electron chi connectivity index (χ4n) is 4.15. The minimum absolute atomic E-state index is 0.153. The summed E-state index contributed by atoms with van der Waals surface area (Å²) < 4.78 is 0. The smallest absolute Gasteiger partial charge is 0.190 e. The number of hydrogen-bond donors (Lipinski definition) is 1. The molecule has 1 N–H and O–H groups in total. The van der Waals surface area contributed by atoms with Crippen LogP contribution in [-0.2, 0) is 0 Å². The normalized spacial score (nSPS) is 20.1. The maximum Gasteiger partial charge on any atom is 0.190 e. The molecule has 0 saturated heterocycles. The average Bonchev–Trinajstić information content (AvgIpc) is 3.15.